The van der Waals surface area contributed by atoms with Gasteiger partial charge in [-0.1, -0.05) is 120 Å². The van der Waals surface area contributed by atoms with E-state index in [1.54, 1.807) is 25.7 Å². The predicted octanol–water partition coefficient (Wildman–Crippen LogP) is 8.25. The predicted molar refractivity (Wildman–Crippen MR) is 98.5 cm³/mol. The zero-order valence-electron chi connectivity index (χ0n) is 16.2. The van der Waals surface area contributed by atoms with Crippen molar-refractivity contribution < 1.29 is 0 Å². The highest BCUT2D eigenvalue weighted by Gasteiger charge is 2.24. The summed E-state index contributed by atoms with van der Waals surface area (Å²) in [5.41, 5.74) is 0. The summed E-state index contributed by atoms with van der Waals surface area (Å²) in [7, 11) is 0. The normalized spacial score (nSPS) is 18.6. The van der Waals surface area contributed by atoms with Gasteiger partial charge in [0.2, 0.25) is 0 Å². The van der Waals surface area contributed by atoms with Crippen LogP contribution in [0, 0.1) is 11.8 Å². The molecule has 2 aliphatic carbocycles. The van der Waals surface area contributed by atoms with Crippen LogP contribution in [0.15, 0.2) is 0 Å². The standard InChI is InChI=1S/C12H22.4C2H6/c1-3-7-11(8-4-1)12-9-5-2-6-10-12;4*1-2/h11-12H,1-10H2;4*1-2H3. The average molecular weight is 287 g/mol. The van der Waals surface area contributed by atoms with Crippen LogP contribution in [-0.4, -0.2) is 0 Å². The minimum Gasteiger partial charge on any atom is -0.0683 e. The van der Waals surface area contributed by atoms with Gasteiger partial charge in [-0.25, -0.2) is 0 Å². The summed E-state index contributed by atoms with van der Waals surface area (Å²) in [5.74, 6) is 2.28. The van der Waals surface area contributed by atoms with Gasteiger partial charge in [-0.2, -0.15) is 0 Å². The Kier molecular flexibility index (Phi) is 30.0. The highest BCUT2D eigenvalue weighted by molar-refractivity contribution is 4.76. The van der Waals surface area contributed by atoms with Crippen molar-refractivity contribution in [2.75, 3.05) is 0 Å². The summed E-state index contributed by atoms with van der Waals surface area (Å²) in [4.78, 5) is 0. The van der Waals surface area contributed by atoms with Gasteiger partial charge < -0.3 is 0 Å². The zero-order valence-corrected chi connectivity index (χ0v) is 16.2. The topological polar surface area (TPSA) is 0 Å². The quantitative estimate of drug-likeness (QED) is 0.455. The Morgan fingerprint density at radius 1 is 0.350 bits per heavy atom. The lowest BCUT2D eigenvalue weighted by Crippen LogP contribution is -2.20. The first kappa shape index (κ1) is 25.0. The summed E-state index contributed by atoms with van der Waals surface area (Å²) in [6.07, 6.45) is 15.4. The molecule has 2 aliphatic rings. The van der Waals surface area contributed by atoms with Crippen molar-refractivity contribution in [2.24, 2.45) is 11.8 Å². The first-order valence-electron chi connectivity index (χ1n) is 9.97. The second kappa shape index (κ2) is 24.0. The first-order chi connectivity index (χ1) is 9.97. The third-order valence-electron chi connectivity index (χ3n) is 3.97. The molecule has 2 fully saturated rings. The summed E-state index contributed by atoms with van der Waals surface area (Å²) >= 11 is 0. The Bertz CT molecular complexity index is 100. The Balaban J connectivity index is -0.000000314. The SMILES string of the molecule is C1CCC(C2CCCCC2)CC1.CC.CC.CC.CC. The van der Waals surface area contributed by atoms with E-state index in [-0.39, 0.29) is 0 Å². The molecule has 126 valence electrons. The monoisotopic (exact) mass is 286 g/mol. The lowest BCUT2D eigenvalue weighted by atomic mass is 9.73. The largest absolute Gasteiger partial charge is 0.0683 e. The van der Waals surface area contributed by atoms with Crippen LogP contribution in [0.4, 0.5) is 0 Å². The van der Waals surface area contributed by atoms with Gasteiger partial charge in [0.05, 0.1) is 0 Å². The number of hydrogen-bond donors (Lipinski definition) is 0. The van der Waals surface area contributed by atoms with Crippen molar-refractivity contribution in [3.8, 4) is 0 Å². The molecule has 0 unspecified atom stereocenters. The van der Waals surface area contributed by atoms with Crippen molar-refractivity contribution in [3.05, 3.63) is 0 Å². The van der Waals surface area contributed by atoms with E-state index in [9.17, 15) is 0 Å². The van der Waals surface area contributed by atoms with E-state index >= 15 is 0 Å². The van der Waals surface area contributed by atoms with E-state index in [2.05, 4.69) is 0 Å². The fourth-order valence-electron chi connectivity index (χ4n) is 3.21. The lowest BCUT2D eigenvalue weighted by molar-refractivity contribution is 0.196. The lowest BCUT2D eigenvalue weighted by Gasteiger charge is -2.32. The molecule has 0 aromatic rings. The van der Waals surface area contributed by atoms with E-state index < -0.39 is 0 Å². The minimum absolute atomic E-state index is 1.14. The van der Waals surface area contributed by atoms with Crippen molar-refractivity contribution in [3.63, 3.8) is 0 Å². The third kappa shape index (κ3) is 13.0. The molecule has 0 N–H and O–H groups in total. The van der Waals surface area contributed by atoms with Crippen LogP contribution in [-0.2, 0) is 0 Å². The maximum atomic E-state index is 2.00. The number of rotatable bonds is 1. The van der Waals surface area contributed by atoms with E-state index in [1.807, 2.05) is 55.4 Å². The average Bonchev–Trinajstić information content (AvgIpc) is 2.63. The van der Waals surface area contributed by atoms with Crippen LogP contribution in [0.5, 0.6) is 0 Å². The molecule has 0 heteroatoms. The minimum atomic E-state index is 1.14. The third-order valence-corrected chi connectivity index (χ3v) is 3.97. The van der Waals surface area contributed by atoms with Gasteiger partial charge in [0.1, 0.15) is 0 Å². The van der Waals surface area contributed by atoms with Crippen LogP contribution in [0.3, 0.4) is 0 Å². The van der Waals surface area contributed by atoms with Crippen LogP contribution in [0.25, 0.3) is 0 Å². The molecule has 0 saturated heterocycles. The summed E-state index contributed by atoms with van der Waals surface area (Å²) in [5, 5.41) is 0. The van der Waals surface area contributed by atoms with Gasteiger partial charge in [-0.05, 0) is 11.8 Å². The molecule has 0 amide bonds. The fourth-order valence-corrected chi connectivity index (χ4v) is 3.21. The van der Waals surface area contributed by atoms with Gasteiger partial charge in [-0.15, -0.1) is 0 Å². The molecule has 0 spiro atoms. The molecule has 0 radical (unpaired) electrons. The second-order valence-electron chi connectivity index (χ2n) is 4.80. The highest BCUT2D eigenvalue weighted by Crippen LogP contribution is 2.37. The van der Waals surface area contributed by atoms with Gasteiger partial charge in [0.25, 0.3) is 0 Å². The molecular formula is C20H46. The van der Waals surface area contributed by atoms with Crippen molar-refractivity contribution in [1.82, 2.24) is 0 Å². The first-order valence-corrected chi connectivity index (χ1v) is 9.97. The van der Waals surface area contributed by atoms with Crippen molar-refractivity contribution >= 4 is 0 Å². The molecule has 2 saturated carbocycles. The van der Waals surface area contributed by atoms with Gasteiger partial charge in [-0.3, -0.25) is 0 Å². The Morgan fingerprint density at radius 2 is 0.550 bits per heavy atom. The van der Waals surface area contributed by atoms with Gasteiger partial charge in [0.15, 0.2) is 0 Å². The molecule has 0 aromatic heterocycles. The smallest absolute Gasteiger partial charge is 0.0386 e. The maximum absolute atomic E-state index is 2.00. The molecule has 0 bridgehead atoms. The van der Waals surface area contributed by atoms with Crippen LogP contribution in [0.1, 0.15) is 120 Å². The second-order valence-corrected chi connectivity index (χ2v) is 4.80. The maximum Gasteiger partial charge on any atom is -0.0386 e. The van der Waals surface area contributed by atoms with E-state index in [1.165, 1.54) is 38.5 Å². The molecule has 20 heavy (non-hydrogen) atoms. The van der Waals surface area contributed by atoms with Crippen molar-refractivity contribution in [2.45, 2.75) is 120 Å². The van der Waals surface area contributed by atoms with Crippen LogP contribution >= 0.6 is 0 Å². The molecule has 2 rings (SSSR count). The van der Waals surface area contributed by atoms with E-state index in [0.717, 1.165) is 11.8 Å². The molecule has 0 aliphatic heterocycles. The number of hydrogen-bond acceptors (Lipinski definition) is 0. The Labute approximate surface area is 132 Å². The summed E-state index contributed by atoms with van der Waals surface area (Å²) in [6.45, 7) is 16.0. The van der Waals surface area contributed by atoms with E-state index in [4.69, 9.17) is 0 Å². The molecule has 0 atom stereocenters. The van der Waals surface area contributed by atoms with Crippen molar-refractivity contribution in [1.29, 1.82) is 0 Å². The van der Waals surface area contributed by atoms with Crippen LogP contribution in [0.2, 0.25) is 0 Å². The molecule has 0 heterocycles. The Morgan fingerprint density at radius 3 is 0.750 bits per heavy atom. The van der Waals surface area contributed by atoms with Gasteiger partial charge in [0, 0.05) is 0 Å². The summed E-state index contributed by atoms with van der Waals surface area (Å²) < 4.78 is 0. The fraction of sp³-hybridized carbons (Fsp3) is 1.00. The zero-order chi connectivity index (χ0) is 16.2. The van der Waals surface area contributed by atoms with Crippen LogP contribution < -0.4 is 0 Å². The summed E-state index contributed by atoms with van der Waals surface area (Å²) in [6, 6.07) is 0. The Hall–Kier alpha value is 0. The molecule has 0 nitrogen and oxygen atoms in total. The highest BCUT2D eigenvalue weighted by atomic mass is 14.3. The molecular weight excluding hydrogens is 240 g/mol. The van der Waals surface area contributed by atoms with Gasteiger partial charge >= 0.3 is 0 Å². The van der Waals surface area contributed by atoms with E-state index in [0.29, 0.717) is 0 Å². The molecule has 0 aromatic carbocycles.